The minimum absolute atomic E-state index is 0.0799. The first-order chi connectivity index (χ1) is 10.0. The lowest BCUT2D eigenvalue weighted by atomic mass is 10.2. The lowest BCUT2D eigenvalue weighted by Crippen LogP contribution is -2.13. The van der Waals surface area contributed by atoms with Gasteiger partial charge < -0.3 is 10.1 Å². The van der Waals surface area contributed by atoms with E-state index in [-0.39, 0.29) is 16.8 Å². The summed E-state index contributed by atoms with van der Waals surface area (Å²) in [6, 6.07) is 7.81. The Balaban J connectivity index is 2.16. The smallest absolute Gasteiger partial charge is 0.271 e. The Morgan fingerprint density at radius 3 is 2.67 bits per heavy atom. The van der Waals surface area contributed by atoms with Crippen molar-refractivity contribution in [1.82, 2.24) is 10.3 Å². The van der Waals surface area contributed by atoms with Gasteiger partial charge in [-0.1, -0.05) is 11.6 Å². The normalized spacial score (nSPS) is 12.0. The van der Waals surface area contributed by atoms with E-state index in [0.29, 0.717) is 11.5 Å². The van der Waals surface area contributed by atoms with Gasteiger partial charge in [-0.15, -0.1) is 0 Å². The first kappa shape index (κ1) is 15.2. The molecule has 0 saturated heterocycles. The van der Waals surface area contributed by atoms with Crippen LogP contribution in [0.2, 0.25) is 5.02 Å². The summed E-state index contributed by atoms with van der Waals surface area (Å²) in [4.78, 5) is 14.4. The molecule has 2 aromatic rings. The van der Waals surface area contributed by atoms with Crippen LogP contribution in [-0.4, -0.2) is 17.0 Å². The second kappa shape index (κ2) is 6.51. The zero-order valence-electron chi connectivity index (χ0n) is 11.5. The number of benzene rings is 1. The molecule has 2 rings (SSSR count). The van der Waals surface area contributed by atoms with E-state index in [1.165, 1.54) is 18.2 Å². The van der Waals surface area contributed by atoms with E-state index in [4.69, 9.17) is 16.3 Å². The molecule has 1 N–H and O–H groups in total. The molecular formula is C14H14ClN3O3. The fourth-order valence-corrected chi connectivity index (χ4v) is 1.88. The molecule has 1 aromatic heterocycles. The molecule has 0 aliphatic carbocycles. The van der Waals surface area contributed by atoms with Crippen LogP contribution in [0.1, 0.15) is 18.7 Å². The number of nitro benzene ring substituents is 1. The molecule has 7 heteroatoms. The molecule has 0 spiro atoms. The van der Waals surface area contributed by atoms with E-state index >= 15 is 0 Å². The monoisotopic (exact) mass is 307 g/mol. The maximum Gasteiger partial charge on any atom is 0.271 e. The van der Waals surface area contributed by atoms with Crippen molar-refractivity contribution in [3.05, 3.63) is 57.4 Å². The van der Waals surface area contributed by atoms with Crippen molar-refractivity contribution in [3.8, 4) is 11.5 Å². The molecule has 0 saturated carbocycles. The van der Waals surface area contributed by atoms with Crippen LogP contribution in [0.5, 0.6) is 11.5 Å². The molecule has 0 radical (unpaired) electrons. The highest BCUT2D eigenvalue weighted by Gasteiger charge is 2.11. The quantitative estimate of drug-likeness (QED) is 0.673. The fraction of sp³-hybridized carbons (Fsp3) is 0.214. The average molecular weight is 308 g/mol. The van der Waals surface area contributed by atoms with Crippen LogP contribution in [0.3, 0.4) is 0 Å². The van der Waals surface area contributed by atoms with Gasteiger partial charge in [-0.25, -0.2) is 0 Å². The van der Waals surface area contributed by atoms with Crippen LogP contribution >= 0.6 is 11.6 Å². The molecule has 0 amide bonds. The summed E-state index contributed by atoms with van der Waals surface area (Å²) in [6.07, 6.45) is 1.58. The molecule has 0 fully saturated rings. The number of hydrogen-bond donors (Lipinski definition) is 1. The number of ether oxygens (including phenoxy) is 1. The predicted octanol–water partition coefficient (Wildman–Crippen LogP) is 3.72. The fourth-order valence-electron chi connectivity index (χ4n) is 1.67. The zero-order chi connectivity index (χ0) is 15.4. The van der Waals surface area contributed by atoms with Gasteiger partial charge in [0.25, 0.3) is 5.69 Å². The summed E-state index contributed by atoms with van der Waals surface area (Å²) < 4.78 is 5.57. The third kappa shape index (κ3) is 3.68. The highest BCUT2D eigenvalue weighted by Crippen LogP contribution is 2.32. The summed E-state index contributed by atoms with van der Waals surface area (Å²) in [7, 11) is 1.85. The van der Waals surface area contributed by atoms with Gasteiger partial charge in [-0.05, 0) is 32.2 Å². The molecule has 1 unspecified atom stereocenters. The second-order valence-corrected chi connectivity index (χ2v) is 4.81. The number of aromatic nitrogens is 1. The number of nitrogens with zero attached hydrogens (tertiary/aromatic N) is 2. The van der Waals surface area contributed by atoms with E-state index in [1.54, 1.807) is 12.3 Å². The third-order valence-electron chi connectivity index (χ3n) is 2.99. The molecule has 0 bridgehead atoms. The van der Waals surface area contributed by atoms with Crippen molar-refractivity contribution in [1.29, 1.82) is 0 Å². The third-order valence-corrected chi connectivity index (χ3v) is 3.29. The predicted molar refractivity (Wildman–Crippen MR) is 79.9 cm³/mol. The Morgan fingerprint density at radius 2 is 2.14 bits per heavy atom. The van der Waals surface area contributed by atoms with Crippen LogP contribution in [-0.2, 0) is 0 Å². The van der Waals surface area contributed by atoms with Crippen LogP contribution in [0, 0.1) is 10.1 Å². The summed E-state index contributed by atoms with van der Waals surface area (Å²) in [5, 5.41) is 13.9. The highest BCUT2D eigenvalue weighted by atomic mass is 35.5. The molecule has 1 heterocycles. The van der Waals surface area contributed by atoms with Crippen molar-refractivity contribution in [2.45, 2.75) is 13.0 Å². The molecule has 6 nitrogen and oxygen atoms in total. The van der Waals surface area contributed by atoms with Crippen molar-refractivity contribution in [2.24, 2.45) is 0 Å². The van der Waals surface area contributed by atoms with Crippen molar-refractivity contribution in [3.63, 3.8) is 0 Å². The number of nitro groups is 1. The first-order valence-electron chi connectivity index (χ1n) is 6.26. The van der Waals surface area contributed by atoms with Crippen LogP contribution < -0.4 is 10.1 Å². The zero-order valence-corrected chi connectivity index (χ0v) is 12.3. The maximum absolute atomic E-state index is 10.6. The number of hydrogen-bond acceptors (Lipinski definition) is 5. The molecular weight excluding hydrogens is 294 g/mol. The van der Waals surface area contributed by atoms with E-state index in [9.17, 15) is 10.1 Å². The van der Waals surface area contributed by atoms with Crippen molar-refractivity contribution < 1.29 is 9.66 Å². The average Bonchev–Trinajstić information content (AvgIpc) is 2.49. The maximum atomic E-state index is 10.6. The molecule has 1 aromatic carbocycles. The molecule has 110 valence electrons. The first-order valence-corrected chi connectivity index (χ1v) is 6.64. The van der Waals surface area contributed by atoms with Crippen molar-refractivity contribution >= 4 is 17.3 Å². The van der Waals surface area contributed by atoms with Gasteiger partial charge in [0.15, 0.2) is 0 Å². The molecule has 21 heavy (non-hydrogen) atoms. The number of halogens is 1. The van der Waals surface area contributed by atoms with Gasteiger partial charge in [-0.2, -0.15) is 0 Å². The Hall–Kier alpha value is -2.18. The topological polar surface area (TPSA) is 77.3 Å². The number of rotatable bonds is 5. The Kier molecular flexibility index (Phi) is 4.72. The largest absolute Gasteiger partial charge is 0.454 e. The van der Waals surface area contributed by atoms with Gasteiger partial charge in [0.2, 0.25) is 0 Å². The minimum Gasteiger partial charge on any atom is -0.454 e. The standard InChI is InChI=1S/C14H14ClN3O3/c1-9(16-2)13-5-4-11(8-17-13)21-14-6-3-10(18(19)20)7-12(14)15/h3-9,16H,1-2H3. The molecule has 1 atom stereocenters. The minimum atomic E-state index is -0.509. The van der Waals surface area contributed by atoms with Gasteiger partial charge in [0.1, 0.15) is 11.5 Å². The van der Waals surface area contributed by atoms with Gasteiger partial charge in [0.05, 0.1) is 21.8 Å². The van der Waals surface area contributed by atoms with Gasteiger partial charge in [-0.3, -0.25) is 15.1 Å². The number of nitrogens with one attached hydrogen (secondary N) is 1. The van der Waals surface area contributed by atoms with Crippen LogP contribution in [0.4, 0.5) is 5.69 Å². The lowest BCUT2D eigenvalue weighted by molar-refractivity contribution is -0.384. The SMILES string of the molecule is CNC(C)c1ccc(Oc2ccc([N+](=O)[O-])cc2Cl)cn1. The van der Waals surface area contributed by atoms with Crippen LogP contribution in [0.25, 0.3) is 0 Å². The molecule has 0 aliphatic rings. The highest BCUT2D eigenvalue weighted by molar-refractivity contribution is 6.32. The summed E-state index contributed by atoms with van der Waals surface area (Å²) in [5.74, 6) is 0.858. The number of pyridine rings is 1. The van der Waals surface area contributed by atoms with Gasteiger partial charge >= 0.3 is 0 Å². The Bertz CT molecular complexity index is 646. The van der Waals surface area contributed by atoms with Gasteiger partial charge in [0, 0.05) is 18.2 Å². The van der Waals surface area contributed by atoms with E-state index in [2.05, 4.69) is 10.3 Å². The lowest BCUT2D eigenvalue weighted by Gasteiger charge is -2.11. The van der Waals surface area contributed by atoms with Crippen molar-refractivity contribution in [2.75, 3.05) is 7.05 Å². The number of non-ortho nitro benzene ring substituents is 1. The van der Waals surface area contributed by atoms with E-state index in [0.717, 1.165) is 5.69 Å². The second-order valence-electron chi connectivity index (χ2n) is 4.40. The summed E-state index contributed by atoms with van der Waals surface area (Å²) in [6.45, 7) is 2.00. The van der Waals surface area contributed by atoms with E-state index in [1.807, 2.05) is 20.0 Å². The van der Waals surface area contributed by atoms with E-state index < -0.39 is 4.92 Å². The van der Waals surface area contributed by atoms with Crippen LogP contribution in [0.15, 0.2) is 36.5 Å². The Morgan fingerprint density at radius 1 is 1.38 bits per heavy atom. The molecule has 0 aliphatic heterocycles. The summed E-state index contributed by atoms with van der Waals surface area (Å²) >= 11 is 5.97. The summed E-state index contributed by atoms with van der Waals surface area (Å²) in [5.41, 5.74) is 0.809. The Labute approximate surface area is 126 Å².